The van der Waals surface area contributed by atoms with Crippen LogP contribution >= 0.6 is 0 Å². The average Bonchev–Trinajstić information content (AvgIpc) is 2.53. The molecule has 0 fully saturated rings. The van der Waals surface area contributed by atoms with E-state index in [1.165, 1.54) is 50.7 Å². The van der Waals surface area contributed by atoms with E-state index in [2.05, 4.69) is 6.92 Å². The number of carbonyl (C=O) groups excluding carboxylic acids is 1. The number of hydrogen-bond acceptors (Lipinski definition) is 5. The van der Waals surface area contributed by atoms with E-state index < -0.39 is 10.1 Å². The summed E-state index contributed by atoms with van der Waals surface area (Å²) in [6.45, 7) is 2.21. The molecule has 136 valence electrons. The van der Waals surface area contributed by atoms with Crippen molar-refractivity contribution in [2.45, 2.75) is 76.0 Å². The van der Waals surface area contributed by atoms with Crippen LogP contribution in [0, 0.1) is 0 Å². The smallest absolute Gasteiger partial charge is 0.744 e. The third-order valence-electron chi connectivity index (χ3n) is 3.83. The van der Waals surface area contributed by atoms with Gasteiger partial charge >= 0.3 is 35.5 Å². The maximum absolute atomic E-state index is 11.7. The molecule has 7 heteroatoms. The number of rotatable bonds is 12. The van der Waals surface area contributed by atoms with Gasteiger partial charge in [0, 0.05) is 6.42 Å². The minimum Gasteiger partial charge on any atom is -0.744 e. The van der Waals surface area contributed by atoms with Crippen molar-refractivity contribution in [1.29, 1.82) is 0 Å². The Morgan fingerprint density at radius 2 is 1.40 bits per heavy atom. The quantitative estimate of drug-likeness (QED) is 0.181. The third kappa shape index (κ3) is 11.8. The van der Waals surface area contributed by atoms with Crippen molar-refractivity contribution >= 4 is 16.1 Å². The van der Waals surface area contributed by atoms with Crippen LogP contribution in [0.5, 0.6) is 5.75 Å². The van der Waals surface area contributed by atoms with Crippen LogP contribution in [0.4, 0.5) is 0 Å². The van der Waals surface area contributed by atoms with Gasteiger partial charge in [0.1, 0.15) is 15.9 Å². The van der Waals surface area contributed by atoms with Gasteiger partial charge in [-0.05, 0) is 30.7 Å². The maximum atomic E-state index is 11.7. The molecule has 25 heavy (non-hydrogen) atoms. The molecule has 0 aliphatic rings. The van der Waals surface area contributed by atoms with E-state index in [0.717, 1.165) is 31.4 Å². The second kappa shape index (κ2) is 13.8. The molecule has 0 saturated heterocycles. The topological polar surface area (TPSA) is 83.5 Å². The van der Waals surface area contributed by atoms with Crippen LogP contribution in [-0.4, -0.2) is 18.9 Å². The Labute approximate surface area is 173 Å². The first-order valence-corrected chi connectivity index (χ1v) is 10.1. The molecule has 1 aromatic carbocycles. The summed E-state index contributed by atoms with van der Waals surface area (Å²) >= 11 is 0. The van der Waals surface area contributed by atoms with Crippen LogP contribution in [0.3, 0.4) is 0 Å². The van der Waals surface area contributed by atoms with Crippen molar-refractivity contribution in [2.24, 2.45) is 0 Å². The molecule has 0 bridgehead atoms. The predicted molar refractivity (Wildman–Crippen MR) is 91.9 cm³/mol. The molecular formula is C18H27NaO5S. The summed E-state index contributed by atoms with van der Waals surface area (Å²) < 4.78 is 37.5. The molecule has 1 rings (SSSR count). The van der Waals surface area contributed by atoms with Gasteiger partial charge in [-0.2, -0.15) is 0 Å². The van der Waals surface area contributed by atoms with Crippen LogP contribution in [-0.2, 0) is 14.9 Å². The van der Waals surface area contributed by atoms with Gasteiger partial charge in [-0.1, -0.05) is 58.3 Å². The van der Waals surface area contributed by atoms with Crippen molar-refractivity contribution in [3.05, 3.63) is 24.3 Å². The van der Waals surface area contributed by atoms with Gasteiger partial charge in [0.2, 0.25) is 0 Å². The van der Waals surface area contributed by atoms with E-state index >= 15 is 0 Å². The fraction of sp³-hybridized carbons (Fsp3) is 0.611. The Morgan fingerprint density at radius 1 is 0.920 bits per heavy atom. The van der Waals surface area contributed by atoms with Crippen LogP contribution in [0.25, 0.3) is 0 Å². The zero-order valence-electron chi connectivity index (χ0n) is 15.3. The number of unbranched alkanes of at least 4 members (excludes halogenated alkanes) is 8. The van der Waals surface area contributed by atoms with Gasteiger partial charge < -0.3 is 9.29 Å². The summed E-state index contributed by atoms with van der Waals surface area (Å²) in [5.41, 5.74) is 0. The monoisotopic (exact) mass is 378 g/mol. The Bertz CT molecular complexity index is 584. The fourth-order valence-electron chi connectivity index (χ4n) is 2.44. The van der Waals surface area contributed by atoms with Crippen molar-refractivity contribution in [3.63, 3.8) is 0 Å². The standard InChI is InChI=1S/C18H28O5S.Na/c1-2-3-4-5-6-7-8-9-10-11-18(19)23-16-12-14-17(15-13-16)24(20,21)22;/h12-15H,2-11H2,1H3,(H,20,21,22);/q;+1/p-1. The van der Waals surface area contributed by atoms with Crippen molar-refractivity contribution in [2.75, 3.05) is 0 Å². The SMILES string of the molecule is CCCCCCCCCCCC(=O)Oc1ccc(S(=O)(=O)[O-])cc1.[Na+]. The van der Waals surface area contributed by atoms with Crippen molar-refractivity contribution in [1.82, 2.24) is 0 Å². The van der Waals surface area contributed by atoms with E-state index in [-0.39, 0.29) is 46.2 Å². The second-order valence-electron chi connectivity index (χ2n) is 5.98. The molecule has 0 amide bonds. The molecule has 1 aromatic rings. The Hall–Kier alpha value is -0.400. The number of carbonyl (C=O) groups is 1. The summed E-state index contributed by atoms with van der Waals surface area (Å²) in [4.78, 5) is 11.4. The van der Waals surface area contributed by atoms with Gasteiger partial charge in [-0.25, -0.2) is 8.42 Å². The van der Waals surface area contributed by atoms with E-state index in [4.69, 9.17) is 4.74 Å². The van der Waals surface area contributed by atoms with Gasteiger partial charge in [-0.3, -0.25) is 4.79 Å². The van der Waals surface area contributed by atoms with Crippen molar-refractivity contribution in [3.8, 4) is 5.75 Å². The van der Waals surface area contributed by atoms with Crippen LogP contribution in [0.1, 0.15) is 71.1 Å². The predicted octanol–water partition coefficient (Wildman–Crippen LogP) is 1.42. The molecule has 0 atom stereocenters. The zero-order valence-corrected chi connectivity index (χ0v) is 18.1. The molecule has 0 aliphatic carbocycles. The third-order valence-corrected chi connectivity index (χ3v) is 4.68. The van der Waals surface area contributed by atoms with E-state index in [1.54, 1.807) is 0 Å². The Balaban J connectivity index is 0.00000576. The van der Waals surface area contributed by atoms with Crippen molar-refractivity contribution < 1.29 is 52.1 Å². The minimum absolute atomic E-state index is 0. The molecule has 0 aromatic heterocycles. The van der Waals surface area contributed by atoms with Crippen LogP contribution in [0.15, 0.2) is 29.2 Å². The molecule has 0 unspecified atom stereocenters. The molecule has 0 heterocycles. The van der Waals surface area contributed by atoms with Gasteiger partial charge in [0.15, 0.2) is 0 Å². The summed E-state index contributed by atoms with van der Waals surface area (Å²) in [7, 11) is -4.47. The normalized spacial score (nSPS) is 11.0. The number of ether oxygens (including phenoxy) is 1. The molecular weight excluding hydrogens is 351 g/mol. The first-order chi connectivity index (χ1) is 11.4. The van der Waals surface area contributed by atoms with E-state index in [9.17, 15) is 17.8 Å². The summed E-state index contributed by atoms with van der Waals surface area (Å²) in [6, 6.07) is 4.92. The molecule has 0 N–H and O–H groups in total. The maximum Gasteiger partial charge on any atom is 1.00 e. The van der Waals surface area contributed by atoms with Gasteiger partial charge in [0.25, 0.3) is 0 Å². The molecule has 0 saturated carbocycles. The summed E-state index contributed by atoms with van der Waals surface area (Å²) in [6.07, 6.45) is 10.9. The van der Waals surface area contributed by atoms with Crippen LogP contribution < -0.4 is 34.3 Å². The average molecular weight is 378 g/mol. The van der Waals surface area contributed by atoms with E-state index in [1.807, 2.05) is 0 Å². The zero-order chi connectivity index (χ0) is 17.8. The minimum atomic E-state index is -4.47. The Morgan fingerprint density at radius 3 is 1.88 bits per heavy atom. The first-order valence-electron chi connectivity index (χ1n) is 8.70. The summed E-state index contributed by atoms with van der Waals surface area (Å²) in [5.74, 6) is -0.0843. The number of benzene rings is 1. The fourth-order valence-corrected chi connectivity index (χ4v) is 2.91. The number of hydrogen-bond donors (Lipinski definition) is 0. The van der Waals surface area contributed by atoms with Gasteiger partial charge in [0.05, 0.1) is 4.90 Å². The molecule has 0 spiro atoms. The van der Waals surface area contributed by atoms with Crippen LogP contribution in [0.2, 0.25) is 0 Å². The molecule has 0 radical (unpaired) electrons. The number of esters is 1. The molecule has 5 nitrogen and oxygen atoms in total. The largest absolute Gasteiger partial charge is 1.00 e. The van der Waals surface area contributed by atoms with Gasteiger partial charge in [-0.15, -0.1) is 0 Å². The van der Waals surface area contributed by atoms with E-state index in [0.29, 0.717) is 6.42 Å². The molecule has 0 aliphatic heterocycles. The first kappa shape index (κ1) is 24.6. The second-order valence-corrected chi connectivity index (χ2v) is 7.36. The Kier molecular flexibility index (Phi) is 13.5. The summed E-state index contributed by atoms with van der Waals surface area (Å²) in [5, 5.41) is 0.